The van der Waals surface area contributed by atoms with Crippen LogP contribution in [0.15, 0.2) is 138 Å². The predicted molar refractivity (Wildman–Crippen MR) is 166 cm³/mol. The molecule has 2 aliphatic carbocycles. The number of para-hydroxylation sites is 1. The summed E-state index contributed by atoms with van der Waals surface area (Å²) in [6.45, 7) is 0. The first-order chi connectivity index (χ1) is 20.2. The molecular formula is C37H23NO2S. The Labute approximate surface area is 239 Å². The van der Waals surface area contributed by atoms with Gasteiger partial charge in [0.15, 0.2) is 11.1 Å². The van der Waals surface area contributed by atoms with Crippen LogP contribution in [-0.2, 0) is 16.5 Å². The lowest BCUT2D eigenvalue weighted by molar-refractivity contribution is 0.564. The van der Waals surface area contributed by atoms with E-state index in [1.807, 2.05) is 12.1 Å². The summed E-state index contributed by atoms with van der Waals surface area (Å²) < 4.78 is 23.8. The van der Waals surface area contributed by atoms with Gasteiger partial charge in [-0.3, -0.25) is 0 Å². The van der Waals surface area contributed by atoms with Crippen molar-refractivity contribution >= 4 is 32.9 Å². The average Bonchev–Trinajstić information content (AvgIpc) is 3.63. The van der Waals surface area contributed by atoms with Crippen molar-refractivity contribution in [3.63, 3.8) is 0 Å². The third-order valence-electron chi connectivity index (χ3n) is 9.09. The molecule has 194 valence electrons. The number of nitrogens with zero attached hydrogens (tertiary/aromatic N) is 1. The Bertz CT molecular complexity index is 2200. The van der Waals surface area contributed by atoms with Crippen molar-refractivity contribution in [3.05, 3.63) is 156 Å². The van der Waals surface area contributed by atoms with Crippen LogP contribution in [-0.4, -0.2) is 13.3 Å². The van der Waals surface area contributed by atoms with Crippen LogP contribution in [0.4, 0.5) is 0 Å². The van der Waals surface area contributed by atoms with Crippen molar-refractivity contribution in [1.29, 1.82) is 0 Å². The molecule has 3 nitrogen and oxygen atoms in total. The Balaban J connectivity index is 1.48. The summed E-state index contributed by atoms with van der Waals surface area (Å²) in [4.78, 5) is 0.392. The van der Waals surface area contributed by atoms with Crippen LogP contribution in [0.2, 0.25) is 0 Å². The molecule has 1 spiro atoms. The molecule has 6 aromatic carbocycles. The Morgan fingerprint density at radius 1 is 0.537 bits per heavy atom. The van der Waals surface area contributed by atoms with E-state index in [4.69, 9.17) is 0 Å². The van der Waals surface area contributed by atoms with Crippen molar-refractivity contribution in [2.24, 2.45) is 0 Å². The molecule has 1 atom stereocenters. The first kappa shape index (κ1) is 23.0. The smallest absolute Gasteiger partial charge is 0.186 e. The minimum Gasteiger partial charge on any atom is -0.309 e. The quantitative estimate of drug-likeness (QED) is 0.221. The fourth-order valence-corrected chi connectivity index (χ4v) is 7.98. The highest BCUT2D eigenvalue weighted by molar-refractivity contribution is 7.79. The lowest BCUT2D eigenvalue weighted by Crippen LogP contribution is -2.25. The van der Waals surface area contributed by atoms with Gasteiger partial charge in [0.1, 0.15) is 0 Å². The number of rotatable bonds is 2. The number of hydrogen-bond acceptors (Lipinski definition) is 1. The molecule has 0 radical (unpaired) electrons. The Kier molecular flexibility index (Phi) is 4.56. The summed E-state index contributed by atoms with van der Waals surface area (Å²) in [6, 6.07) is 47.2. The molecule has 0 amide bonds. The van der Waals surface area contributed by atoms with Crippen LogP contribution in [0.3, 0.4) is 0 Å². The van der Waals surface area contributed by atoms with E-state index in [1.54, 1.807) is 12.1 Å². The fraction of sp³-hybridized carbons (Fsp3) is 0.0270. The molecule has 1 heterocycles. The highest BCUT2D eigenvalue weighted by Gasteiger charge is 2.52. The maximum atomic E-state index is 11.8. The van der Waals surface area contributed by atoms with Gasteiger partial charge in [0.05, 0.1) is 21.3 Å². The second kappa shape index (κ2) is 8.14. The first-order valence-corrected chi connectivity index (χ1v) is 14.9. The summed E-state index contributed by atoms with van der Waals surface area (Å²) >= 11 is -2.03. The largest absolute Gasteiger partial charge is 0.309 e. The molecule has 2 aliphatic rings. The van der Waals surface area contributed by atoms with Gasteiger partial charge in [-0.15, -0.1) is 0 Å². The zero-order chi connectivity index (χ0) is 27.3. The zero-order valence-corrected chi connectivity index (χ0v) is 22.7. The number of fused-ring (bicyclic) bond motifs is 14. The van der Waals surface area contributed by atoms with E-state index >= 15 is 0 Å². The van der Waals surface area contributed by atoms with Crippen LogP contribution in [0.25, 0.3) is 49.7 Å². The van der Waals surface area contributed by atoms with Gasteiger partial charge in [0.2, 0.25) is 0 Å². The van der Waals surface area contributed by atoms with Gasteiger partial charge in [-0.1, -0.05) is 103 Å². The molecule has 1 aromatic heterocycles. The van der Waals surface area contributed by atoms with Crippen molar-refractivity contribution in [1.82, 2.24) is 4.57 Å². The van der Waals surface area contributed by atoms with Crippen molar-refractivity contribution < 1.29 is 8.76 Å². The van der Waals surface area contributed by atoms with Crippen LogP contribution in [0.5, 0.6) is 0 Å². The van der Waals surface area contributed by atoms with Crippen LogP contribution in [0, 0.1) is 0 Å². The summed E-state index contributed by atoms with van der Waals surface area (Å²) in [7, 11) is 0. The van der Waals surface area contributed by atoms with Crippen LogP contribution in [0.1, 0.15) is 22.3 Å². The molecule has 4 heteroatoms. The van der Waals surface area contributed by atoms with E-state index in [0.29, 0.717) is 4.90 Å². The molecule has 0 aliphatic heterocycles. The van der Waals surface area contributed by atoms with Crippen molar-refractivity contribution in [2.75, 3.05) is 0 Å². The van der Waals surface area contributed by atoms with E-state index < -0.39 is 16.5 Å². The molecule has 0 saturated carbocycles. The van der Waals surface area contributed by atoms with Crippen molar-refractivity contribution in [3.8, 4) is 27.9 Å². The maximum absolute atomic E-state index is 11.8. The van der Waals surface area contributed by atoms with E-state index in [9.17, 15) is 8.76 Å². The predicted octanol–water partition coefficient (Wildman–Crippen LogP) is 8.71. The van der Waals surface area contributed by atoms with Gasteiger partial charge in [0, 0.05) is 22.0 Å². The molecule has 9 rings (SSSR count). The molecule has 1 N–H and O–H groups in total. The fourth-order valence-electron chi connectivity index (χ4n) is 7.61. The standard InChI is InChI=1S/C37H23NO2S/c39-41(40)24-19-17-23(18-20-24)38-34-16-8-4-11-27(34)28-21-22-33-35(36(28)38)29-12-3-7-15-32(29)37(33)30-13-5-1-9-25(30)26-10-2-6-14-31(26)37/h1-22H,(H,39,40). The highest BCUT2D eigenvalue weighted by Crippen LogP contribution is 2.64. The maximum Gasteiger partial charge on any atom is 0.186 e. The van der Waals surface area contributed by atoms with E-state index in [1.165, 1.54) is 55.3 Å². The zero-order valence-electron chi connectivity index (χ0n) is 21.9. The lowest BCUT2D eigenvalue weighted by Gasteiger charge is -2.30. The first-order valence-electron chi connectivity index (χ1n) is 13.8. The van der Waals surface area contributed by atoms with Gasteiger partial charge < -0.3 is 9.12 Å². The monoisotopic (exact) mass is 545 g/mol. The van der Waals surface area contributed by atoms with E-state index in [-0.39, 0.29) is 0 Å². The number of hydrogen-bond donors (Lipinski definition) is 1. The van der Waals surface area contributed by atoms with Gasteiger partial charge in [-0.25, -0.2) is 4.21 Å². The molecule has 0 fully saturated rings. The Morgan fingerprint density at radius 3 is 1.76 bits per heavy atom. The SMILES string of the molecule is O=S(O)c1ccc(-n2c3ccccc3c3ccc4c(c32)-c2ccccc2C42c3ccccc3-c3ccccc32)cc1. The van der Waals surface area contributed by atoms with Gasteiger partial charge >= 0.3 is 0 Å². The summed E-state index contributed by atoms with van der Waals surface area (Å²) in [5, 5.41) is 2.38. The minimum atomic E-state index is -2.03. The van der Waals surface area contributed by atoms with Gasteiger partial charge in [0.25, 0.3) is 0 Å². The van der Waals surface area contributed by atoms with Crippen LogP contribution >= 0.6 is 0 Å². The molecule has 1 unspecified atom stereocenters. The van der Waals surface area contributed by atoms with Crippen molar-refractivity contribution in [2.45, 2.75) is 10.3 Å². The molecule has 0 bridgehead atoms. The van der Waals surface area contributed by atoms with Gasteiger partial charge in [-0.05, 0) is 69.3 Å². The van der Waals surface area contributed by atoms with E-state index in [0.717, 1.165) is 16.7 Å². The second-order valence-corrected chi connectivity index (χ2v) is 11.8. The summed E-state index contributed by atoms with van der Waals surface area (Å²) in [5.41, 5.74) is 13.1. The molecule has 7 aromatic rings. The van der Waals surface area contributed by atoms with Crippen LogP contribution < -0.4 is 0 Å². The molecule has 41 heavy (non-hydrogen) atoms. The van der Waals surface area contributed by atoms with E-state index in [2.05, 4.69) is 114 Å². The number of aromatic nitrogens is 1. The van der Waals surface area contributed by atoms with Gasteiger partial charge in [-0.2, -0.15) is 0 Å². The third kappa shape index (κ3) is 2.78. The summed E-state index contributed by atoms with van der Waals surface area (Å²) in [6.07, 6.45) is 0. The minimum absolute atomic E-state index is 0.392. The third-order valence-corrected chi connectivity index (χ3v) is 9.77. The average molecular weight is 546 g/mol. The Hall–Kier alpha value is -4.77. The highest BCUT2D eigenvalue weighted by atomic mass is 32.2. The summed E-state index contributed by atoms with van der Waals surface area (Å²) in [5.74, 6) is 0. The lowest BCUT2D eigenvalue weighted by atomic mass is 9.70. The molecule has 0 saturated heterocycles. The second-order valence-electron chi connectivity index (χ2n) is 10.9. The number of benzene rings is 6. The normalized spacial score (nSPS) is 14.7. The Morgan fingerprint density at radius 2 is 1.10 bits per heavy atom. The topological polar surface area (TPSA) is 42.2 Å². The molecular weight excluding hydrogens is 522 g/mol.